The fourth-order valence-corrected chi connectivity index (χ4v) is 5.02. The highest BCUT2D eigenvalue weighted by Gasteiger charge is 2.28. The molecule has 0 saturated carbocycles. The van der Waals surface area contributed by atoms with E-state index < -0.39 is 0 Å². The normalized spacial score (nSPS) is 18.5. The van der Waals surface area contributed by atoms with Crippen molar-refractivity contribution >= 4 is 23.0 Å². The summed E-state index contributed by atoms with van der Waals surface area (Å²) in [7, 11) is 2.16. The summed E-state index contributed by atoms with van der Waals surface area (Å²) >= 11 is 0. The van der Waals surface area contributed by atoms with Crippen molar-refractivity contribution in [1.82, 2.24) is 4.90 Å². The quantitative estimate of drug-likeness (QED) is 0.626. The van der Waals surface area contributed by atoms with Crippen LogP contribution in [0.25, 0.3) is 0 Å². The summed E-state index contributed by atoms with van der Waals surface area (Å²) in [5.41, 5.74) is 6.38. The first-order valence-electron chi connectivity index (χ1n) is 11.8. The Balaban J connectivity index is 1.29. The molecule has 6 heteroatoms. The lowest BCUT2D eigenvalue weighted by atomic mass is 10.1. The Bertz CT molecular complexity index is 1150. The number of carbonyl (C=O) groups excluding carboxylic acids is 1. The van der Waals surface area contributed by atoms with Gasteiger partial charge < -0.3 is 24.4 Å². The van der Waals surface area contributed by atoms with Gasteiger partial charge >= 0.3 is 0 Å². The summed E-state index contributed by atoms with van der Waals surface area (Å²) in [5.74, 6) is 0.562. The standard InChI is InChI=1S/C27H32N4O2/c1-19-16-22(8-9-24(19)30-13-11-29(3)12-14-30)28-27(32)23-10-15-33-26(23)18-31-20(2)17-21-6-4-5-7-25(21)31/h4-10,15-16,20H,11-14,17-18H2,1-3H3,(H,28,32). The van der Waals surface area contributed by atoms with Crippen molar-refractivity contribution in [3.8, 4) is 0 Å². The molecule has 2 aliphatic rings. The first-order valence-corrected chi connectivity index (χ1v) is 11.8. The lowest BCUT2D eigenvalue weighted by Crippen LogP contribution is -2.44. The van der Waals surface area contributed by atoms with Crippen LogP contribution in [0, 0.1) is 6.92 Å². The lowest BCUT2D eigenvalue weighted by molar-refractivity contribution is 0.102. The molecule has 1 atom stereocenters. The van der Waals surface area contributed by atoms with Crippen LogP contribution in [0.2, 0.25) is 0 Å². The number of nitrogens with zero attached hydrogens (tertiary/aromatic N) is 3. The Labute approximate surface area is 195 Å². The summed E-state index contributed by atoms with van der Waals surface area (Å²) in [4.78, 5) is 20.2. The number of anilines is 3. The number of rotatable bonds is 5. The highest BCUT2D eigenvalue weighted by Crippen LogP contribution is 2.34. The van der Waals surface area contributed by atoms with Crippen LogP contribution in [0.5, 0.6) is 0 Å². The SMILES string of the molecule is Cc1cc(NC(=O)c2ccoc2CN2c3ccccc3CC2C)ccc1N1CCN(C)CC1. The van der Waals surface area contributed by atoms with Gasteiger partial charge in [-0.15, -0.1) is 0 Å². The number of amides is 1. The van der Waals surface area contributed by atoms with Gasteiger partial charge in [0.05, 0.1) is 18.4 Å². The molecule has 0 spiro atoms. The molecule has 3 aromatic rings. The Morgan fingerprint density at radius 1 is 1.06 bits per heavy atom. The van der Waals surface area contributed by atoms with Gasteiger partial charge in [0.2, 0.25) is 0 Å². The van der Waals surface area contributed by atoms with E-state index in [0.717, 1.165) is 38.3 Å². The Morgan fingerprint density at radius 3 is 2.64 bits per heavy atom. The Kier molecular flexibility index (Phi) is 5.85. The van der Waals surface area contributed by atoms with E-state index in [9.17, 15) is 4.79 Å². The molecule has 0 bridgehead atoms. The second-order valence-electron chi connectivity index (χ2n) is 9.31. The highest BCUT2D eigenvalue weighted by molar-refractivity contribution is 6.05. The van der Waals surface area contributed by atoms with Crippen LogP contribution in [0.15, 0.2) is 59.2 Å². The summed E-state index contributed by atoms with van der Waals surface area (Å²) in [6.07, 6.45) is 2.62. The van der Waals surface area contributed by atoms with E-state index in [1.807, 2.05) is 6.07 Å². The van der Waals surface area contributed by atoms with Gasteiger partial charge in [-0.3, -0.25) is 4.79 Å². The van der Waals surface area contributed by atoms with E-state index in [1.54, 1.807) is 12.3 Å². The average Bonchev–Trinajstić information content (AvgIpc) is 3.39. The van der Waals surface area contributed by atoms with E-state index in [-0.39, 0.29) is 5.91 Å². The van der Waals surface area contributed by atoms with Gasteiger partial charge in [0.25, 0.3) is 5.91 Å². The number of likely N-dealkylation sites (N-methyl/N-ethyl adjacent to an activating group) is 1. The molecule has 2 aliphatic heterocycles. The van der Waals surface area contributed by atoms with Gasteiger partial charge in [-0.1, -0.05) is 18.2 Å². The predicted molar refractivity (Wildman–Crippen MR) is 133 cm³/mol. The number of carbonyl (C=O) groups is 1. The number of para-hydroxylation sites is 1. The molecule has 33 heavy (non-hydrogen) atoms. The summed E-state index contributed by atoms with van der Waals surface area (Å²) in [5, 5.41) is 3.07. The average molecular weight is 445 g/mol. The molecule has 1 aromatic heterocycles. The number of hydrogen-bond acceptors (Lipinski definition) is 5. The number of piperazine rings is 1. The largest absolute Gasteiger partial charge is 0.467 e. The van der Waals surface area contributed by atoms with Crippen LogP contribution >= 0.6 is 0 Å². The van der Waals surface area contributed by atoms with Crippen LogP contribution < -0.4 is 15.1 Å². The third-order valence-corrected chi connectivity index (χ3v) is 6.95. The minimum atomic E-state index is -0.134. The molecule has 1 N–H and O–H groups in total. The third kappa shape index (κ3) is 4.35. The fourth-order valence-electron chi connectivity index (χ4n) is 5.02. The Morgan fingerprint density at radius 2 is 1.85 bits per heavy atom. The van der Waals surface area contributed by atoms with Crippen LogP contribution in [-0.2, 0) is 13.0 Å². The minimum Gasteiger partial charge on any atom is -0.467 e. The van der Waals surface area contributed by atoms with Crippen molar-refractivity contribution < 1.29 is 9.21 Å². The zero-order valence-corrected chi connectivity index (χ0v) is 19.7. The molecule has 6 nitrogen and oxygen atoms in total. The summed E-state index contributed by atoms with van der Waals surface area (Å²) in [6, 6.07) is 16.8. The maximum atomic E-state index is 13.1. The molecule has 1 unspecified atom stereocenters. The van der Waals surface area contributed by atoms with Gasteiger partial charge in [-0.25, -0.2) is 0 Å². The number of nitrogens with one attached hydrogen (secondary N) is 1. The van der Waals surface area contributed by atoms with E-state index in [4.69, 9.17) is 4.42 Å². The lowest BCUT2D eigenvalue weighted by Gasteiger charge is -2.35. The zero-order chi connectivity index (χ0) is 22.9. The smallest absolute Gasteiger partial charge is 0.259 e. The molecule has 1 saturated heterocycles. The maximum Gasteiger partial charge on any atom is 0.259 e. The van der Waals surface area contributed by atoms with E-state index in [1.165, 1.54) is 22.5 Å². The first-order chi connectivity index (χ1) is 16.0. The van der Waals surface area contributed by atoms with Gasteiger partial charge in [0.1, 0.15) is 5.76 Å². The van der Waals surface area contributed by atoms with Crippen molar-refractivity contribution in [3.63, 3.8) is 0 Å². The van der Waals surface area contributed by atoms with Gasteiger partial charge in [-0.2, -0.15) is 0 Å². The monoisotopic (exact) mass is 444 g/mol. The number of furan rings is 1. The molecule has 2 aromatic carbocycles. The van der Waals surface area contributed by atoms with Gasteiger partial charge in [0, 0.05) is 49.3 Å². The third-order valence-electron chi connectivity index (χ3n) is 6.95. The molecule has 1 fully saturated rings. The highest BCUT2D eigenvalue weighted by atomic mass is 16.3. The molecule has 3 heterocycles. The second kappa shape index (κ2) is 8.94. The topological polar surface area (TPSA) is 52.0 Å². The van der Waals surface area contributed by atoms with E-state index >= 15 is 0 Å². The van der Waals surface area contributed by atoms with Crippen LogP contribution in [0.3, 0.4) is 0 Å². The second-order valence-corrected chi connectivity index (χ2v) is 9.31. The van der Waals surface area contributed by atoms with E-state index in [0.29, 0.717) is 23.9 Å². The van der Waals surface area contributed by atoms with Crippen molar-refractivity contribution in [2.45, 2.75) is 32.9 Å². The molecule has 5 rings (SSSR count). The minimum absolute atomic E-state index is 0.134. The molecular formula is C27H32N4O2. The van der Waals surface area contributed by atoms with Crippen LogP contribution in [0.4, 0.5) is 17.1 Å². The van der Waals surface area contributed by atoms with Crippen molar-refractivity contribution in [2.24, 2.45) is 0 Å². The van der Waals surface area contributed by atoms with Gasteiger partial charge in [-0.05, 0) is 68.8 Å². The Hall–Kier alpha value is -3.25. The fraction of sp³-hybridized carbons (Fsp3) is 0.370. The van der Waals surface area contributed by atoms with Crippen molar-refractivity contribution in [3.05, 3.63) is 77.2 Å². The van der Waals surface area contributed by atoms with Crippen molar-refractivity contribution in [1.29, 1.82) is 0 Å². The molecule has 0 radical (unpaired) electrons. The molecular weight excluding hydrogens is 412 g/mol. The van der Waals surface area contributed by atoms with Gasteiger partial charge in [0.15, 0.2) is 0 Å². The van der Waals surface area contributed by atoms with Crippen LogP contribution in [0.1, 0.15) is 34.2 Å². The summed E-state index contributed by atoms with van der Waals surface area (Å²) < 4.78 is 5.77. The number of aryl methyl sites for hydroxylation is 1. The van der Waals surface area contributed by atoms with E-state index in [2.05, 4.69) is 77.3 Å². The van der Waals surface area contributed by atoms with Crippen LogP contribution in [-0.4, -0.2) is 50.1 Å². The molecule has 0 aliphatic carbocycles. The number of benzene rings is 2. The molecule has 172 valence electrons. The number of hydrogen-bond donors (Lipinski definition) is 1. The maximum absolute atomic E-state index is 13.1. The molecule has 1 amide bonds. The predicted octanol–water partition coefficient (Wildman–Crippen LogP) is 4.54. The number of fused-ring (bicyclic) bond motifs is 1. The van der Waals surface area contributed by atoms with Crippen molar-refractivity contribution in [2.75, 3.05) is 48.3 Å². The first kappa shape index (κ1) is 21.6. The summed E-state index contributed by atoms with van der Waals surface area (Å²) in [6.45, 7) is 9.10. The zero-order valence-electron chi connectivity index (χ0n) is 19.7.